The summed E-state index contributed by atoms with van der Waals surface area (Å²) in [6.45, 7) is -0.210. The molecule has 1 heterocycles. The molecular formula is C12H13Cl2N3O3S. The fraction of sp³-hybridized carbons (Fsp3) is 0.250. The van der Waals surface area contributed by atoms with Gasteiger partial charge in [0.25, 0.3) is 0 Å². The SMILES string of the molecule is O=S(=O)(NCCc1cnc[nH]1)c1cc(Cl)cc(CO)c1Cl. The first-order valence-corrected chi connectivity index (χ1v) is 8.23. The van der Waals surface area contributed by atoms with Crippen LogP contribution in [0.1, 0.15) is 11.3 Å². The van der Waals surface area contributed by atoms with Gasteiger partial charge in [-0.25, -0.2) is 18.1 Å². The minimum absolute atomic E-state index is 0.0315. The second-order valence-corrected chi connectivity index (χ2v) is 6.81. The first-order valence-electron chi connectivity index (χ1n) is 5.99. The van der Waals surface area contributed by atoms with Crippen molar-refractivity contribution in [3.05, 3.63) is 46.0 Å². The molecule has 0 fully saturated rings. The number of hydrogen-bond donors (Lipinski definition) is 3. The number of aromatic amines is 1. The Balaban J connectivity index is 2.17. The van der Waals surface area contributed by atoms with Gasteiger partial charge in [0.15, 0.2) is 0 Å². The molecule has 1 aromatic heterocycles. The molecule has 0 aliphatic carbocycles. The lowest BCUT2D eigenvalue weighted by molar-refractivity contribution is 0.281. The van der Waals surface area contributed by atoms with E-state index in [4.69, 9.17) is 28.3 Å². The van der Waals surface area contributed by atoms with Crippen LogP contribution in [0.5, 0.6) is 0 Å². The van der Waals surface area contributed by atoms with Crippen molar-refractivity contribution in [3.8, 4) is 0 Å². The van der Waals surface area contributed by atoms with E-state index in [9.17, 15) is 8.42 Å². The number of aliphatic hydroxyl groups is 1. The van der Waals surface area contributed by atoms with Gasteiger partial charge in [0.05, 0.1) is 18.0 Å². The molecule has 2 rings (SSSR count). The van der Waals surface area contributed by atoms with Crippen molar-refractivity contribution in [2.24, 2.45) is 0 Å². The molecule has 0 atom stereocenters. The summed E-state index contributed by atoms with van der Waals surface area (Å²) in [4.78, 5) is 6.57. The van der Waals surface area contributed by atoms with Crippen molar-refractivity contribution >= 4 is 33.2 Å². The van der Waals surface area contributed by atoms with Crippen LogP contribution in [0.3, 0.4) is 0 Å². The van der Waals surface area contributed by atoms with Crippen LogP contribution in [0.25, 0.3) is 0 Å². The molecule has 0 saturated heterocycles. The van der Waals surface area contributed by atoms with Crippen LogP contribution < -0.4 is 4.72 Å². The predicted molar refractivity (Wildman–Crippen MR) is 79.9 cm³/mol. The highest BCUT2D eigenvalue weighted by molar-refractivity contribution is 7.89. The highest BCUT2D eigenvalue weighted by Crippen LogP contribution is 2.29. The van der Waals surface area contributed by atoms with Gasteiger partial charge in [-0.05, 0) is 17.7 Å². The van der Waals surface area contributed by atoms with Gasteiger partial charge in [-0.1, -0.05) is 23.2 Å². The maximum atomic E-state index is 12.2. The van der Waals surface area contributed by atoms with Crippen LogP contribution in [0.4, 0.5) is 0 Å². The summed E-state index contributed by atoms with van der Waals surface area (Å²) in [6.07, 6.45) is 3.60. The lowest BCUT2D eigenvalue weighted by atomic mass is 10.2. The molecule has 114 valence electrons. The molecule has 0 spiro atoms. The zero-order valence-electron chi connectivity index (χ0n) is 10.8. The monoisotopic (exact) mass is 349 g/mol. The Morgan fingerprint density at radius 2 is 2.10 bits per heavy atom. The Kier molecular flexibility index (Phi) is 5.23. The third-order valence-corrected chi connectivity index (χ3v) is 5.04. The molecule has 0 radical (unpaired) electrons. The molecule has 0 saturated carbocycles. The van der Waals surface area contributed by atoms with Crippen molar-refractivity contribution in [2.45, 2.75) is 17.9 Å². The zero-order chi connectivity index (χ0) is 15.5. The molecule has 6 nitrogen and oxygen atoms in total. The van der Waals surface area contributed by atoms with Crippen LogP contribution >= 0.6 is 23.2 Å². The summed E-state index contributed by atoms with van der Waals surface area (Å²) in [7, 11) is -3.81. The Hall–Kier alpha value is -1.12. The number of nitrogens with one attached hydrogen (secondary N) is 2. The second kappa shape index (κ2) is 6.76. The van der Waals surface area contributed by atoms with Gasteiger partial charge < -0.3 is 10.1 Å². The minimum atomic E-state index is -3.81. The first-order chi connectivity index (χ1) is 9.94. The second-order valence-electron chi connectivity index (χ2n) is 4.26. The summed E-state index contributed by atoms with van der Waals surface area (Å²) in [5.41, 5.74) is 1.07. The van der Waals surface area contributed by atoms with Crippen LogP contribution in [0, 0.1) is 0 Å². The number of halogens is 2. The number of hydrogen-bond acceptors (Lipinski definition) is 4. The van der Waals surface area contributed by atoms with Gasteiger partial charge in [0.2, 0.25) is 10.0 Å². The lowest BCUT2D eigenvalue weighted by Gasteiger charge is -2.11. The summed E-state index contributed by atoms with van der Waals surface area (Å²) in [5.74, 6) is 0. The minimum Gasteiger partial charge on any atom is -0.392 e. The van der Waals surface area contributed by atoms with Gasteiger partial charge in [0, 0.05) is 29.9 Å². The fourth-order valence-electron chi connectivity index (χ4n) is 1.75. The number of benzene rings is 1. The molecule has 2 aromatic rings. The maximum Gasteiger partial charge on any atom is 0.242 e. The number of imidazole rings is 1. The van der Waals surface area contributed by atoms with Gasteiger partial charge in [0.1, 0.15) is 4.90 Å². The van der Waals surface area contributed by atoms with Gasteiger partial charge in [-0.3, -0.25) is 0 Å². The molecule has 9 heteroatoms. The topological polar surface area (TPSA) is 95.1 Å². The molecule has 1 aromatic carbocycles. The third-order valence-electron chi connectivity index (χ3n) is 2.78. The summed E-state index contributed by atoms with van der Waals surface area (Å²) in [6, 6.07) is 2.68. The Morgan fingerprint density at radius 1 is 1.33 bits per heavy atom. The van der Waals surface area contributed by atoms with E-state index in [0.717, 1.165) is 5.69 Å². The number of rotatable bonds is 6. The highest BCUT2D eigenvalue weighted by atomic mass is 35.5. The van der Waals surface area contributed by atoms with Crippen molar-refractivity contribution in [2.75, 3.05) is 6.54 Å². The van der Waals surface area contributed by atoms with E-state index in [1.807, 2.05) is 0 Å². The Morgan fingerprint density at radius 3 is 2.71 bits per heavy atom. The molecule has 0 aliphatic rings. The van der Waals surface area contributed by atoms with E-state index in [1.54, 1.807) is 6.20 Å². The van der Waals surface area contributed by atoms with E-state index in [2.05, 4.69) is 14.7 Å². The lowest BCUT2D eigenvalue weighted by Crippen LogP contribution is -2.26. The number of aromatic nitrogens is 2. The largest absolute Gasteiger partial charge is 0.392 e. The Labute approximate surface area is 132 Å². The summed E-state index contributed by atoms with van der Waals surface area (Å²) < 4.78 is 26.9. The first kappa shape index (κ1) is 16.3. The Bertz CT molecular complexity index is 718. The van der Waals surface area contributed by atoms with Crippen LogP contribution in [-0.2, 0) is 23.1 Å². The molecule has 0 amide bonds. The molecule has 0 bridgehead atoms. The zero-order valence-corrected chi connectivity index (χ0v) is 13.1. The van der Waals surface area contributed by atoms with E-state index >= 15 is 0 Å². The standard InChI is InChI=1S/C12H13Cl2N3O3S/c13-9-3-8(6-18)12(14)11(4-9)21(19,20)17-2-1-10-5-15-7-16-10/h3-5,7,17-18H,1-2,6H2,(H,15,16). The normalized spacial score (nSPS) is 11.8. The molecule has 0 unspecified atom stereocenters. The number of H-pyrrole nitrogens is 1. The van der Waals surface area contributed by atoms with Gasteiger partial charge >= 0.3 is 0 Å². The van der Waals surface area contributed by atoms with Crippen LogP contribution in [0.2, 0.25) is 10.0 Å². The highest BCUT2D eigenvalue weighted by Gasteiger charge is 2.20. The van der Waals surface area contributed by atoms with Crippen molar-refractivity contribution in [1.82, 2.24) is 14.7 Å². The molecule has 0 aliphatic heterocycles. The van der Waals surface area contributed by atoms with Crippen molar-refractivity contribution < 1.29 is 13.5 Å². The van der Waals surface area contributed by atoms with Crippen LogP contribution in [0.15, 0.2) is 29.6 Å². The average Bonchev–Trinajstić information content (AvgIpc) is 2.93. The van der Waals surface area contributed by atoms with Crippen LogP contribution in [-0.4, -0.2) is 30.0 Å². The molecule has 3 N–H and O–H groups in total. The molecular weight excluding hydrogens is 337 g/mol. The van der Waals surface area contributed by atoms with E-state index in [1.165, 1.54) is 18.5 Å². The number of nitrogens with zero attached hydrogens (tertiary/aromatic N) is 1. The van der Waals surface area contributed by atoms with E-state index in [0.29, 0.717) is 6.42 Å². The van der Waals surface area contributed by atoms with Crippen molar-refractivity contribution in [1.29, 1.82) is 0 Å². The maximum absolute atomic E-state index is 12.2. The quantitative estimate of drug-likeness (QED) is 0.739. The smallest absolute Gasteiger partial charge is 0.242 e. The summed E-state index contributed by atoms with van der Waals surface area (Å²) >= 11 is 11.8. The van der Waals surface area contributed by atoms with E-state index in [-0.39, 0.29) is 27.0 Å². The predicted octanol–water partition coefficient (Wildman–Crippen LogP) is 1.73. The number of sulfonamides is 1. The van der Waals surface area contributed by atoms with Gasteiger partial charge in [-0.15, -0.1) is 0 Å². The molecule has 21 heavy (non-hydrogen) atoms. The van der Waals surface area contributed by atoms with Gasteiger partial charge in [-0.2, -0.15) is 0 Å². The summed E-state index contributed by atoms with van der Waals surface area (Å²) in [5, 5.41) is 9.33. The average molecular weight is 350 g/mol. The van der Waals surface area contributed by atoms with E-state index < -0.39 is 16.6 Å². The number of aliphatic hydroxyl groups excluding tert-OH is 1. The fourth-order valence-corrected chi connectivity index (χ4v) is 3.70. The third kappa shape index (κ3) is 3.96. The van der Waals surface area contributed by atoms with Crippen molar-refractivity contribution in [3.63, 3.8) is 0 Å².